The van der Waals surface area contributed by atoms with Gasteiger partial charge in [0.05, 0.1) is 11.6 Å². The van der Waals surface area contributed by atoms with Crippen molar-refractivity contribution in [3.63, 3.8) is 0 Å². The van der Waals surface area contributed by atoms with Gasteiger partial charge in [0.15, 0.2) is 0 Å². The Bertz CT molecular complexity index is 712. The highest BCUT2D eigenvalue weighted by Gasteiger charge is 2.32. The van der Waals surface area contributed by atoms with Gasteiger partial charge in [-0.05, 0) is 50.2 Å². The second kappa shape index (κ2) is 10.8. The van der Waals surface area contributed by atoms with Crippen molar-refractivity contribution in [2.75, 3.05) is 26.7 Å². The molecule has 1 heterocycles. The fourth-order valence-corrected chi connectivity index (χ4v) is 4.78. The van der Waals surface area contributed by atoms with Crippen molar-refractivity contribution in [1.29, 1.82) is 0 Å². The summed E-state index contributed by atoms with van der Waals surface area (Å²) in [5, 5.41) is 0. The lowest BCUT2D eigenvalue weighted by Crippen LogP contribution is -2.48. The van der Waals surface area contributed by atoms with E-state index in [0.717, 1.165) is 51.5 Å². The maximum atomic E-state index is 13.5. The molecule has 3 rings (SSSR count). The number of hydrogen-bond acceptors (Lipinski definition) is 3. The van der Waals surface area contributed by atoms with E-state index in [1.54, 1.807) is 4.90 Å². The molecule has 0 saturated heterocycles. The topological polar surface area (TPSA) is 49.9 Å². The lowest BCUT2D eigenvalue weighted by atomic mass is 9.87. The standard InChI is InChI=1S/C25H38N2O3/c1-19(2)17-21-18-30-23-14-8-7-13-22(23)25(29)26(3)15-9-10-16-27(21)24(28)20-11-5-4-6-12-20/h7-8,13-14,19-21H,4-6,9-12,15-18H2,1-3H3/t21-/m0/s1. The van der Waals surface area contributed by atoms with Gasteiger partial charge in [0.25, 0.3) is 5.91 Å². The van der Waals surface area contributed by atoms with Crippen LogP contribution >= 0.6 is 0 Å². The molecule has 0 unspecified atom stereocenters. The molecule has 1 aromatic carbocycles. The van der Waals surface area contributed by atoms with E-state index in [1.165, 1.54) is 6.42 Å². The first-order valence-electron chi connectivity index (χ1n) is 11.7. The minimum absolute atomic E-state index is 0.00159. The number of rotatable bonds is 3. The Morgan fingerprint density at radius 1 is 1.07 bits per heavy atom. The van der Waals surface area contributed by atoms with Gasteiger partial charge >= 0.3 is 0 Å². The van der Waals surface area contributed by atoms with Crippen LogP contribution < -0.4 is 4.74 Å². The van der Waals surface area contributed by atoms with Crippen LogP contribution in [0.15, 0.2) is 24.3 Å². The van der Waals surface area contributed by atoms with Gasteiger partial charge < -0.3 is 14.5 Å². The third-order valence-electron chi connectivity index (χ3n) is 6.46. The van der Waals surface area contributed by atoms with Gasteiger partial charge in [-0.2, -0.15) is 0 Å². The number of amides is 2. The molecule has 2 aliphatic rings. The third-order valence-corrected chi connectivity index (χ3v) is 6.46. The first-order chi connectivity index (χ1) is 14.5. The average Bonchev–Trinajstić information content (AvgIpc) is 2.75. The predicted octanol–water partition coefficient (Wildman–Crippen LogP) is 4.75. The predicted molar refractivity (Wildman–Crippen MR) is 120 cm³/mol. The third kappa shape index (κ3) is 5.77. The van der Waals surface area contributed by atoms with E-state index in [-0.39, 0.29) is 17.9 Å². The maximum Gasteiger partial charge on any atom is 0.257 e. The number of hydrogen-bond donors (Lipinski definition) is 0. The van der Waals surface area contributed by atoms with Crippen LogP contribution in [0.25, 0.3) is 0 Å². The van der Waals surface area contributed by atoms with Crippen LogP contribution in [0, 0.1) is 11.8 Å². The largest absolute Gasteiger partial charge is 0.491 e. The highest BCUT2D eigenvalue weighted by atomic mass is 16.5. The molecule has 0 bridgehead atoms. The SMILES string of the molecule is CC(C)C[C@H]1COc2ccccc2C(=O)N(C)CCCCN1C(=O)C1CCCCC1. The smallest absolute Gasteiger partial charge is 0.257 e. The molecule has 166 valence electrons. The summed E-state index contributed by atoms with van der Waals surface area (Å²) < 4.78 is 6.22. The molecule has 5 nitrogen and oxygen atoms in total. The number of carbonyl (C=O) groups excluding carboxylic acids is 2. The Morgan fingerprint density at radius 3 is 2.50 bits per heavy atom. The van der Waals surface area contributed by atoms with E-state index < -0.39 is 0 Å². The van der Waals surface area contributed by atoms with Crippen LogP contribution in [0.1, 0.15) is 75.6 Å². The van der Waals surface area contributed by atoms with Crippen molar-refractivity contribution in [1.82, 2.24) is 9.80 Å². The van der Waals surface area contributed by atoms with E-state index in [0.29, 0.717) is 36.3 Å². The van der Waals surface area contributed by atoms with Crippen LogP contribution in [-0.2, 0) is 4.79 Å². The average molecular weight is 415 g/mol. The number of fused-ring (bicyclic) bond motifs is 1. The normalized spacial score (nSPS) is 22.1. The van der Waals surface area contributed by atoms with Crippen molar-refractivity contribution < 1.29 is 14.3 Å². The summed E-state index contributed by atoms with van der Waals surface area (Å²) in [6.45, 7) is 6.27. The molecule has 30 heavy (non-hydrogen) atoms. The molecule has 1 fully saturated rings. The van der Waals surface area contributed by atoms with Gasteiger partial charge in [-0.3, -0.25) is 9.59 Å². The number of carbonyl (C=O) groups is 2. The van der Waals surface area contributed by atoms with Crippen molar-refractivity contribution in [3.05, 3.63) is 29.8 Å². The molecule has 1 aromatic rings. The zero-order valence-corrected chi connectivity index (χ0v) is 18.9. The Labute approximate surface area is 181 Å². The van der Waals surface area contributed by atoms with Crippen LogP contribution in [0.2, 0.25) is 0 Å². The summed E-state index contributed by atoms with van der Waals surface area (Å²) in [6, 6.07) is 7.53. The van der Waals surface area contributed by atoms with Gasteiger partial charge in [-0.1, -0.05) is 45.2 Å². The Kier molecular flexibility index (Phi) is 8.17. The van der Waals surface area contributed by atoms with Crippen molar-refractivity contribution in [3.8, 4) is 5.75 Å². The second-order valence-electron chi connectivity index (χ2n) is 9.39. The molecule has 1 aliphatic heterocycles. The molecule has 2 amide bonds. The highest BCUT2D eigenvalue weighted by molar-refractivity contribution is 5.96. The van der Waals surface area contributed by atoms with Crippen molar-refractivity contribution >= 4 is 11.8 Å². The lowest BCUT2D eigenvalue weighted by Gasteiger charge is -2.37. The fourth-order valence-electron chi connectivity index (χ4n) is 4.78. The van der Waals surface area contributed by atoms with E-state index in [2.05, 4.69) is 18.7 Å². The Balaban J connectivity index is 1.86. The van der Waals surface area contributed by atoms with Crippen LogP contribution in [0.5, 0.6) is 5.75 Å². The number of benzene rings is 1. The molecule has 1 aliphatic carbocycles. The summed E-state index contributed by atoms with van der Waals surface area (Å²) in [7, 11) is 1.84. The molecule has 0 radical (unpaired) electrons. The van der Waals surface area contributed by atoms with E-state index in [9.17, 15) is 9.59 Å². The van der Waals surface area contributed by atoms with E-state index in [1.807, 2.05) is 31.3 Å². The molecule has 1 atom stereocenters. The van der Waals surface area contributed by atoms with Gasteiger partial charge in [-0.15, -0.1) is 0 Å². The second-order valence-corrected chi connectivity index (χ2v) is 9.39. The van der Waals surface area contributed by atoms with Gasteiger partial charge in [-0.25, -0.2) is 0 Å². The minimum Gasteiger partial charge on any atom is -0.491 e. The quantitative estimate of drug-likeness (QED) is 0.717. The summed E-state index contributed by atoms with van der Waals surface area (Å²) >= 11 is 0. The first-order valence-corrected chi connectivity index (χ1v) is 11.7. The molecular weight excluding hydrogens is 376 g/mol. The van der Waals surface area contributed by atoms with E-state index >= 15 is 0 Å². The van der Waals surface area contributed by atoms with Crippen LogP contribution in [0.3, 0.4) is 0 Å². The summed E-state index contributed by atoms with van der Waals surface area (Å²) in [6.07, 6.45) is 8.33. The lowest BCUT2D eigenvalue weighted by molar-refractivity contribution is -0.140. The molecule has 1 saturated carbocycles. The molecule has 0 aromatic heterocycles. The highest BCUT2D eigenvalue weighted by Crippen LogP contribution is 2.28. The number of ether oxygens (including phenoxy) is 1. The van der Waals surface area contributed by atoms with E-state index in [4.69, 9.17) is 4.74 Å². The number of nitrogens with zero attached hydrogens (tertiary/aromatic N) is 2. The van der Waals surface area contributed by atoms with Crippen LogP contribution in [-0.4, -0.2) is 54.4 Å². The zero-order chi connectivity index (χ0) is 21.5. The van der Waals surface area contributed by atoms with Crippen molar-refractivity contribution in [2.24, 2.45) is 11.8 Å². The maximum absolute atomic E-state index is 13.5. The van der Waals surface area contributed by atoms with Gasteiger partial charge in [0.1, 0.15) is 12.4 Å². The summed E-state index contributed by atoms with van der Waals surface area (Å²) in [5.41, 5.74) is 0.606. The summed E-state index contributed by atoms with van der Waals surface area (Å²) in [5.74, 6) is 1.57. The molecular formula is C25H38N2O3. The molecule has 0 spiro atoms. The monoisotopic (exact) mass is 414 g/mol. The fraction of sp³-hybridized carbons (Fsp3) is 0.680. The summed E-state index contributed by atoms with van der Waals surface area (Å²) in [4.78, 5) is 30.3. The van der Waals surface area contributed by atoms with Crippen molar-refractivity contribution in [2.45, 2.75) is 71.3 Å². The van der Waals surface area contributed by atoms with Gasteiger partial charge in [0.2, 0.25) is 5.91 Å². The Morgan fingerprint density at radius 2 is 1.77 bits per heavy atom. The van der Waals surface area contributed by atoms with Gasteiger partial charge in [0, 0.05) is 26.1 Å². The first kappa shape index (κ1) is 22.6. The minimum atomic E-state index is 0.00159. The van der Waals surface area contributed by atoms with Crippen LogP contribution in [0.4, 0.5) is 0 Å². The molecule has 5 heteroatoms. The molecule has 0 N–H and O–H groups in total. The Hall–Kier alpha value is -2.04. The number of para-hydroxylation sites is 1. The zero-order valence-electron chi connectivity index (χ0n) is 18.9.